The van der Waals surface area contributed by atoms with Gasteiger partial charge in [-0.25, -0.2) is 0 Å². The van der Waals surface area contributed by atoms with Gasteiger partial charge in [0, 0.05) is 75.5 Å². The second kappa shape index (κ2) is 45.4. The van der Waals surface area contributed by atoms with Gasteiger partial charge >= 0.3 is 29.8 Å². The van der Waals surface area contributed by atoms with Gasteiger partial charge in [0.15, 0.2) is 5.78 Å². The maximum Gasteiger partial charge on any atom is 0.303 e. The van der Waals surface area contributed by atoms with Gasteiger partial charge in [-0.1, -0.05) is 58.9 Å². The van der Waals surface area contributed by atoms with E-state index in [2.05, 4.69) is 53.2 Å². The van der Waals surface area contributed by atoms with Crippen LogP contribution in [-0.2, 0) is 92.6 Å². The summed E-state index contributed by atoms with van der Waals surface area (Å²) in [7, 11) is 0. The molecule has 37 heteroatoms. The molecule has 0 spiro atoms. The number of ether oxygens (including phenoxy) is 2. The molecule has 564 valence electrons. The Morgan fingerprint density at radius 2 is 0.970 bits per heavy atom. The number of aliphatic carboxylic acids is 5. The van der Waals surface area contributed by atoms with E-state index in [-0.39, 0.29) is 87.4 Å². The number of carbonyl (C=O) groups is 17. The van der Waals surface area contributed by atoms with Crippen LogP contribution in [0.15, 0.2) is 24.3 Å². The van der Waals surface area contributed by atoms with E-state index in [1.54, 1.807) is 11.8 Å². The number of nitrogens with one attached hydrogen (secondary N) is 10. The van der Waals surface area contributed by atoms with Gasteiger partial charge in [0.05, 0.1) is 19.8 Å². The van der Waals surface area contributed by atoms with Gasteiger partial charge in [0.25, 0.3) is 0 Å². The zero-order valence-corrected chi connectivity index (χ0v) is 58.6. The van der Waals surface area contributed by atoms with Gasteiger partial charge in [-0.3, -0.25) is 81.5 Å². The highest BCUT2D eigenvalue weighted by atomic mass is 32.2. The third-order valence-electron chi connectivity index (χ3n) is 15.5. The van der Waals surface area contributed by atoms with Gasteiger partial charge in [-0.2, -0.15) is 11.8 Å². The number of hydrogen-bond acceptors (Lipinski definition) is 21. The van der Waals surface area contributed by atoms with E-state index >= 15 is 0 Å². The van der Waals surface area contributed by atoms with Crippen LogP contribution in [0.1, 0.15) is 141 Å². The number of likely N-dealkylation sites (tertiary alicyclic amines) is 1. The Labute approximate surface area is 587 Å². The van der Waals surface area contributed by atoms with Crippen LogP contribution in [0.5, 0.6) is 0 Å². The van der Waals surface area contributed by atoms with E-state index < -0.39 is 221 Å². The first-order chi connectivity index (χ1) is 47.4. The maximum absolute atomic E-state index is 14.3. The number of nitrogens with two attached hydrogens (primary N) is 1. The zero-order valence-electron chi connectivity index (χ0n) is 57.8. The fourth-order valence-corrected chi connectivity index (χ4v) is 10.9. The van der Waals surface area contributed by atoms with Crippen molar-refractivity contribution >= 4 is 112 Å². The summed E-state index contributed by atoms with van der Waals surface area (Å²) in [5.41, 5.74) is 5.76. The second-order valence-electron chi connectivity index (χ2n) is 25.3. The summed E-state index contributed by atoms with van der Waals surface area (Å²) in [6.07, 6.45) is -5.11. The Balaban J connectivity index is 2.38. The molecule has 0 radical (unpaired) electrons. The summed E-state index contributed by atoms with van der Waals surface area (Å²) >= 11 is 1.56. The minimum atomic E-state index is -1.99. The van der Waals surface area contributed by atoms with Crippen LogP contribution in [0.25, 0.3) is 0 Å². The molecule has 17 N–H and O–H groups in total. The van der Waals surface area contributed by atoms with E-state index in [1.807, 2.05) is 40.9 Å². The first-order valence-electron chi connectivity index (χ1n) is 32.8. The average Bonchev–Trinajstić information content (AvgIpc) is 1.64. The standard InChI is InChI=1S/C64H98N12O24S/c1-35(2)29-44(57(92)67-31-48(78)75-47(34-101-7)64(4,5)6)74-63(98)46-9-8-26-76(46)50(80)33-100-28-25-66-56(91)45(30-37-10-12-38(13-11-37)36(3)77)73-62(97)43(18-23-55(89)90)72-61(96)42(17-22-54(87)88)71-60(95)41(16-21-53(85)86)70-59(94)40(15-20-52(83)84)69-58(93)39(14-19-51(81)82)68-49(79)32-99-27-24-65/h10-13,35,39-47H,8-9,14-34,65H2,1-7H3,(H,66,91)(H,67,92)(H,68,79)(H,69,93)(H,70,94)(H,71,95)(H,72,96)(H,73,97)(H,74,98)(H,75,78)(H,81,82)(H,83,84)(H,85,86)(H,87,88)(H,89,90)/t39-,40-,41-,42-,43-,44+,45+,46+,47+/m1/s1. The van der Waals surface area contributed by atoms with Crippen molar-refractivity contribution in [1.82, 2.24) is 58.1 Å². The summed E-state index contributed by atoms with van der Waals surface area (Å²) in [6.45, 7) is 8.90. The highest BCUT2D eigenvalue weighted by molar-refractivity contribution is 7.98. The van der Waals surface area contributed by atoms with Crippen LogP contribution in [0.4, 0.5) is 0 Å². The monoisotopic (exact) mass is 1450 g/mol. The Bertz CT molecular complexity index is 3060. The van der Waals surface area contributed by atoms with E-state index in [4.69, 9.17) is 15.2 Å². The summed E-state index contributed by atoms with van der Waals surface area (Å²) in [5.74, 6) is -17.6. The van der Waals surface area contributed by atoms with E-state index in [0.29, 0.717) is 17.7 Å². The van der Waals surface area contributed by atoms with E-state index in [9.17, 15) is 107 Å². The quantitative estimate of drug-likeness (QED) is 0.0233. The Hall–Kier alpha value is -9.36. The molecule has 1 heterocycles. The number of carboxylic acid groups (broad SMARTS) is 5. The summed E-state index contributed by atoms with van der Waals surface area (Å²) < 4.78 is 10.6. The van der Waals surface area contributed by atoms with Crippen LogP contribution in [0.2, 0.25) is 0 Å². The molecular formula is C64H98N12O24S. The van der Waals surface area contributed by atoms with Crippen molar-refractivity contribution in [2.45, 2.75) is 186 Å². The molecule has 1 aliphatic heterocycles. The first kappa shape index (κ1) is 87.7. The van der Waals surface area contributed by atoms with Gasteiger partial charge < -0.3 is 98.8 Å². The largest absolute Gasteiger partial charge is 0.481 e. The van der Waals surface area contributed by atoms with Crippen LogP contribution in [0.3, 0.4) is 0 Å². The third kappa shape index (κ3) is 35.0. The lowest BCUT2D eigenvalue weighted by molar-refractivity contribution is -0.142. The van der Waals surface area contributed by atoms with Crippen molar-refractivity contribution < 1.29 is 117 Å². The lowest BCUT2D eigenvalue weighted by Gasteiger charge is -2.31. The maximum atomic E-state index is 14.3. The molecule has 0 unspecified atom stereocenters. The lowest BCUT2D eigenvalue weighted by Crippen LogP contribution is -2.60. The van der Waals surface area contributed by atoms with Gasteiger partial charge in [0.2, 0.25) is 65.0 Å². The molecule has 0 bridgehead atoms. The number of hydrogen-bond donors (Lipinski definition) is 16. The van der Waals surface area contributed by atoms with Crippen LogP contribution < -0.4 is 58.9 Å². The molecule has 1 saturated heterocycles. The minimum absolute atomic E-state index is 0.0127. The molecular weight excluding hydrogens is 1350 g/mol. The van der Waals surface area contributed by atoms with Crippen molar-refractivity contribution in [3.05, 3.63) is 35.4 Å². The van der Waals surface area contributed by atoms with Crippen LogP contribution in [0, 0.1) is 11.3 Å². The first-order valence-corrected chi connectivity index (χ1v) is 34.1. The topological polar surface area (TPSA) is 559 Å². The number of thioether (sulfide) groups is 1. The number of benzene rings is 1. The smallest absolute Gasteiger partial charge is 0.303 e. The molecule has 2 rings (SSSR count). The van der Waals surface area contributed by atoms with Crippen molar-refractivity contribution in [2.24, 2.45) is 17.1 Å². The van der Waals surface area contributed by atoms with E-state index in [1.165, 1.54) is 36.1 Å². The molecule has 1 aromatic carbocycles. The molecule has 1 aromatic rings. The fraction of sp³-hybridized carbons (Fsp3) is 0.641. The summed E-state index contributed by atoms with van der Waals surface area (Å²) in [5, 5.41) is 72.1. The van der Waals surface area contributed by atoms with Crippen molar-refractivity contribution in [3.63, 3.8) is 0 Å². The number of ketones is 1. The molecule has 36 nitrogen and oxygen atoms in total. The van der Waals surface area contributed by atoms with Crippen molar-refractivity contribution in [2.75, 3.05) is 64.6 Å². The van der Waals surface area contributed by atoms with Crippen LogP contribution >= 0.6 is 11.8 Å². The lowest BCUT2D eigenvalue weighted by atomic mass is 9.88. The normalized spacial score (nSPS) is 15.1. The fourth-order valence-electron chi connectivity index (χ4n) is 9.98. The number of nitrogens with zero attached hydrogens (tertiary/aromatic N) is 1. The minimum Gasteiger partial charge on any atom is -0.481 e. The predicted molar refractivity (Wildman–Crippen MR) is 359 cm³/mol. The molecule has 0 aliphatic carbocycles. The van der Waals surface area contributed by atoms with Crippen molar-refractivity contribution in [3.8, 4) is 0 Å². The highest BCUT2D eigenvalue weighted by Gasteiger charge is 2.38. The summed E-state index contributed by atoms with van der Waals surface area (Å²) in [4.78, 5) is 223. The molecule has 1 aliphatic rings. The number of amides is 11. The second-order valence-corrected chi connectivity index (χ2v) is 26.2. The third-order valence-corrected chi connectivity index (χ3v) is 16.1. The predicted octanol–water partition coefficient (Wildman–Crippen LogP) is -2.70. The van der Waals surface area contributed by atoms with Gasteiger partial charge in [0.1, 0.15) is 61.5 Å². The van der Waals surface area contributed by atoms with Gasteiger partial charge in [-0.05, 0) is 81.4 Å². The average molecular weight is 1450 g/mol. The van der Waals surface area contributed by atoms with Gasteiger partial charge in [-0.15, -0.1) is 0 Å². The Morgan fingerprint density at radius 3 is 1.38 bits per heavy atom. The Kier molecular flexibility index (Phi) is 39.4. The van der Waals surface area contributed by atoms with Crippen molar-refractivity contribution in [1.29, 1.82) is 0 Å². The number of carboxylic acids is 5. The van der Waals surface area contributed by atoms with Crippen LogP contribution in [-0.4, -0.2) is 250 Å². The molecule has 0 aromatic heterocycles. The molecule has 11 amide bonds. The highest BCUT2D eigenvalue weighted by Crippen LogP contribution is 2.22. The molecule has 1 fully saturated rings. The Morgan fingerprint density at radius 1 is 0.545 bits per heavy atom. The SMILES string of the molecule is CSC[C@H](NC(=O)CNC(=O)[C@H](CC(C)C)NC(=O)[C@@H]1CCCN1C(=O)COCCNC(=O)[C@H](Cc1ccc(C(C)=O)cc1)NC(=O)[C@@H](CCC(=O)O)NC(=O)[C@@H](CCC(=O)O)NC(=O)[C@@H](CCC(=O)O)NC(=O)[C@@H](CCC(=O)O)NC(=O)[C@@H](CCC(=O)O)NC(=O)COCCN)C(C)(C)C. The van der Waals surface area contributed by atoms with E-state index in [0.717, 1.165) is 0 Å². The molecule has 0 saturated carbocycles. The summed E-state index contributed by atoms with van der Waals surface area (Å²) in [6, 6.07) is -7.35. The number of rotatable bonds is 49. The molecule has 101 heavy (non-hydrogen) atoms. The number of carbonyl (C=O) groups excluding carboxylic acids is 12. The molecule has 9 atom stereocenters. The number of Topliss-reactive ketones (excluding diaryl/α,β-unsaturated/α-hetero) is 1. The zero-order chi connectivity index (χ0) is 76.1.